The zero-order valence-electron chi connectivity index (χ0n) is 10.4. The number of carboxylic acid groups (broad SMARTS) is 1. The number of carbonyl (C=O) groups is 1. The summed E-state index contributed by atoms with van der Waals surface area (Å²) in [4.78, 5) is 17.3. The van der Waals surface area contributed by atoms with E-state index < -0.39 is 5.97 Å². The number of hydrogen-bond acceptors (Lipinski definition) is 5. The van der Waals surface area contributed by atoms with E-state index in [1.54, 1.807) is 35.5 Å². The third kappa shape index (κ3) is 2.25. The molecule has 0 fully saturated rings. The molecule has 1 aromatic carbocycles. The summed E-state index contributed by atoms with van der Waals surface area (Å²) < 4.78 is 7.11. The Balaban J connectivity index is 1.98. The molecule has 0 saturated carbocycles. The van der Waals surface area contributed by atoms with E-state index in [2.05, 4.69) is 4.98 Å². The summed E-state index contributed by atoms with van der Waals surface area (Å²) in [6.07, 6.45) is 3.65. The fourth-order valence-corrected chi connectivity index (χ4v) is 2.90. The van der Waals surface area contributed by atoms with Gasteiger partial charge in [-0.2, -0.15) is 4.98 Å². The van der Waals surface area contributed by atoms with Crippen LogP contribution in [0.15, 0.2) is 40.7 Å². The van der Waals surface area contributed by atoms with Crippen LogP contribution in [0.3, 0.4) is 0 Å². The van der Waals surface area contributed by atoms with Gasteiger partial charge in [0, 0.05) is 16.5 Å². The van der Waals surface area contributed by atoms with Crippen LogP contribution in [0.4, 0.5) is 0 Å². The highest BCUT2D eigenvalue weighted by Gasteiger charge is 2.21. The Labute approximate surface area is 122 Å². The first kappa shape index (κ1) is 13.0. The van der Waals surface area contributed by atoms with E-state index in [0.29, 0.717) is 10.7 Å². The Morgan fingerprint density at radius 1 is 1.40 bits per heavy atom. The van der Waals surface area contributed by atoms with Gasteiger partial charge in [0.25, 0.3) is 5.88 Å². The molecule has 102 valence electrons. The largest absolute Gasteiger partial charge is 0.476 e. The van der Waals surface area contributed by atoms with Gasteiger partial charge in [0.15, 0.2) is 10.7 Å². The van der Waals surface area contributed by atoms with Crippen LogP contribution in [0.1, 0.15) is 10.5 Å². The van der Waals surface area contributed by atoms with Gasteiger partial charge < -0.3 is 9.84 Å². The highest BCUT2D eigenvalue weighted by Crippen LogP contribution is 2.29. The molecule has 0 spiro atoms. The van der Waals surface area contributed by atoms with Crippen LogP contribution in [-0.2, 0) is 0 Å². The van der Waals surface area contributed by atoms with Crippen molar-refractivity contribution in [3.8, 4) is 11.6 Å². The molecule has 20 heavy (non-hydrogen) atoms. The third-order valence-corrected chi connectivity index (χ3v) is 4.21. The first-order valence-electron chi connectivity index (χ1n) is 5.70. The van der Waals surface area contributed by atoms with E-state index in [4.69, 9.17) is 4.74 Å². The Kier molecular flexibility index (Phi) is 3.37. The number of ether oxygens (including phenoxy) is 1. The number of hydrogen-bond donors (Lipinski definition) is 1. The molecule has 2 aromatic heterocycles. The SMILES string of the molecule is CSc1ccc(Oc2nc3sccn3c2C(=O)O)cc1. The van der Waals surface area contributed by atoms with Gasteiger partial charge in [-0.15, -0.1) is 23.1 Å². The lowest BCUT2D eigenvalue weighted by Crippen LogP contribution is -2.02. The summed E-state index contributed by atoms with van der Waals surface area (Å²) in [5.41, 5.74) is 0.0372. The number of fused-ring (bicyclic) bond motifs is 1. The molecule has 0 radical (unpaired) electrons. The van der Waals surface area contributed by atoms with Crippen LogP contribution >= 0.6 is 23.1 Å². The number of aromatic carboxylic acids is 1. The fourth-order valence-electron chi connectivity index (χ4n) is 1.79. The van der Waals surface area contributed by atoms with Crippen molar-refractivity contribution >= 4 is 34.0 Å². The van der Waals surface area contributed by atoms with Gasteiger partial charge in [0.1, 0.15) is 5.75 Å². The Morgan fingerprint density at radius 3 is 2.80 bits per heavy atom. The summed E-state index contributed by atoms with van der Waals surface area (Å²) in [5, 5.41) is 11.1. The van der Waals surface area contributed by atoms with Crippen LogP contribution in [0.25, 0.3) is 4.96 Å². The Morgan fingerprint density at radius 2 is 2.15 bits per heavy atom. The van der Waals surface area contributed by atoms with Crippen LogP contribution in [0, 0.1) is 0 Å². The highest BCUT2D eigenvalue weighted by molar-refractivity contribution is 7.98. The predicted octanol–water partition coefficient (Wildman–Crippen LogP) is 3.61. The number of carboxylic acids is 1. The van der Waals surface area contributed by atoms with E-state index in [0.717, 1.165) is 4.90 Å². The maximum absolute atomic E-state index is 11.3. The number of thioether (sulfide) groups is 1. The summed E-state index contributed by atoms with van der Waals surface area (Å²) in [6, 6.07) is 7.42. The van der Waals surface area contributed by atoms with Crippen LogP contribution in [0.5, 0.6) is 11.6 Å². The number of benzene rings is 1. The van der Waals surface area contributed by atoms with Gasteiger partial charge >= 0.3 is 5.97 Å². The second kappa shape index (κ2) is 5.18. The second-order valence-corrected chi connectivity index (χ2v) is 5.66. The molecule has 0 bridgehead atoms. The van der Waals surface area contributed by atoms with E-state index in [-0.39, 0.29) is 11.6 Å². The number of imidazole rings is 1. The number of rotatable bonds is 4. The van der Waals surface area contributed by atoms with Gasteiger partial charge in [-0.05, 0) is 30.5 Å². The lowest BCUT2D eigenvalue weighted by atomic mass is 10.3. The minimum absolute atomic E-state index is 0.0372. The van der Waals surface area contributed by atoms with E-state index in [1.165, 1.54) is 15.7 Å². The maximum Gasteiger partial charge on any atom is 0.358 e. The standard InChI is InChI=1S/C13H10N2O3S2/c1-19-9-4-2-8(3-5-9)18-11-10(12(16)17)15-6-7-20-13(15)14-11/h2-7H,1H3,(H,16,17). The number of aromatic nitrogens is 2. The van der Waals surface area contributed by atoms with Crippen molar-refractivity contribution < 1.29 is 14.6 Å². The van der Waals surface area contributed by atoms with Crippen molar-refractivity contribution in [1.82, 2.24) is 9.38 Å². The molecule has 7 heteroatoms. The Bertz CT molecular complexity index is 762. The molecule has 0 unspecified atom stereocenters. The minimum atomic E-state index is -1.06. The average molecular weight is 306 g/mol. The summed E-state index contributed by atoms with van der Waals surface area (Å²) in [6.45, 7) is 0. The fraction of sp³-hybridized carbons (Fsp3) is 0.0769. The monoisotopic (exact) mass is 306 g/mol. The van der Waals surface area contributed by atoms with Crippen LogP contribution in [-0.4, -0.2) is 26.7 Å². The molecule has 0 saturated heterocycles. The van der Waals surface area contributed by atoms with Gasteiger partial charge in [-0.3, -0.25) is 4.40 Å². The van der Waals surface area contributed by atoms with Crippen LogP contribution < -0.4 is 4.74 Å². The molecule has 0 aliphatic rings. The summed E-state index contributed by atoms with van der Waals surface area (Å²) >= 11 is 2.99. The van der Waals surface area contributed by atoms with Crippen molar-refractivity contribution in [2.24, 2.45) is 0 Å². The first-order valence-corrected chi connectivity index (χ1v) is 7.80. The van der Waals surface area contributed by atoms with Crippen molar-refractivity contribution in [2.75, 3.05) is 6.26 Å². The van der Waals surface area contributed by atoms with Gasteiger partial charge in [-0.1, -0.05) is 0 Å². The average Bonchev–Trinajstić information content (AvgIpc) is 2.99. The minimum Gasteiger partial charge on any atom is -0.476 e. The quantitative estimate of drug-likeness (QED) is 0.746. The zero-order valence-corrected chi connectivity index (χ0v) is 12.1. The third-order valence-electron chi connectivity index (χ3n) is 2.71. The zero-order chi connectivity index (χ0) is 14.1. The lowest BCUT2D eigenvalue weighted by molar-refractivity contribution is 0.0686. The molecule has 3 rings (SSSR count). The molecule has 0 atom stereocenters. The smallest absolute Gasteiger partial charge is 0.358 e. The highest BCUT2D eigenvalue weighted by atomic mass is 32.2. The second-order valence-electron chi connectivity index (χ2n) is 3.90. The van der Waals surface area contributed by atoms with E-state index in [9.17, 15) is 9.90 Å². The van der Waals surface area contributed by atoms with Crippen LogP contribution in [0.2, 0.25) is 0 Å². The van der Waals surface area contributed by atoms with E-state index in [1.807, 2.05) is 18.4 Å². The number of nitrogens with zero attached hydrogens (tertiary/aromatic N) is 2. The Hall–Kier alpha value is -1.99. The van der Waals surface area contributed by atoms with Crippen molar-refractivity contribution in [3.05, 3.63) is 41.5 Å². The molecule has 0 aliphatic heterocycles. The molecule has 0 amide bonds. The molecule has 5 nitrogen and oxygen atoms in total. The summed E-state index contributed by atoms with van der Waals surface area (Å²) in [7, 11) is 0. The first-order chi connectivity index (χ1) is 9.69. The molecular weight excluding hydrogens is 296 g/mol. The molecule has 2 heterocycles. The number of thiazole rings is 1. The molecular formula is C13H10N2O3S2. The molecule has 0 aliphatic carbocycles. The maximum atomic E-state index is 11.3. The topological polar surface area (TPSA) is 63.8 Å². The van der Waals surface area contributed by atoms with Gasteiger partial charge in [-0.25, -0.2) is 4.79 Å². The molecule has 3 aromatic rings. The van der Waals surface area contributed by atoms with Crippen molar-refractivity contribution in [2.45, 2.75) is 4.90 Å². The van der Waals surface area contributed by atoms with Gasteiger partial charge in [0.2, 0.25) is 0 Å². The van der Waals surface area contributed by atoms with Crippen molar-refractivity contribution in [3.63, 3.8) is 0 Å². The van der Waals surface area contributed by atoms with Crippen molar-refractivity contribution in [1.29, 1.82) is 0 Å². The summed E-state index contributed by atoms with van der Waals surface area (Å²) in [5.74, 6) is -0.385. The molecule has 1 N–H and O–H groups in total. The van der Waals surface area contributed by atoms with E-state index >= 15 is 0 Å². The van der Waals surface area contributed by atoms with Gasteiger partial charge in [0.05, 0.1) is 0 Å². The predicted molar refractivity (Wildman–Crippen MR) is 78.3 cm³/mol. The normalized spacial score (nSPS) is 10.8. The lowest BCUT2D eigenvalue weighted by Gasteiger charge is -2.04.